The van der Waals surface area contributed by atoms with Crippen molar-refractivity contribution in [3.8, 4) is 0 Å². The SMILES string of the molecule is Cc1cccc(C(=O)N[C@@H](c2ccccc2)[C@@H]2CCCCN2)c1Cl.[HH]. The fraction of sp³-hybridized carbons (Fsp3) is 0.350. The minimum absolute atomic E-state index is 0. The van der Waals surface area contributed by atoms with Gasteiger partial charge in [0.25, 0.3) is 5.91 Å². The number of halogens is 1. The predicted octanol–water partition coefficient (Wildman–Crippen LogP) is 4.51. The van der Waals surface area contributed by atoms with Gasteiger partial charge >= 0.3 is 0 Å². The van der Waals surface area contributed by atoms with Crippen LogP contribution in [0.4, 0.5) is 0 Å². The fourth-order valence-corrected chi connectivity index (χ4v) is 3.49. The van der Waals surface area contributed by atoms with Crippen molar-refractivity contribution in [1.29, 1.82) is 0 Å². The van der Waals surface area contributed by atoms with E-state index in [-0.39, 0.29) is 19.4 Å². The van der Waals surface area contributed by atoms with Crippen LogP contribution in [0.1, 0.15) is 48.2 Å². The standard InChI is InChI=1S/C20H23ClN2O.H2/c1-14-8-7-11-16(18(14)21)20(24)23-19(15-9-3-2-4-10-15)17-12-5-6-13-22-17;/h2-4,7-11,17,19,22H,5-6,12-13H2,1H3,(H,23,24);1H/t17-,19-;/m0./s1. The van der Waals surface area contributed by atoms with E-state index in [0.29, 0.717) is 10.6 Å². The maximum atomic E-state index is 12.8. The molecule has 1 aliphatic heterocycles. The van der Waals surface area contributed by atoms with Crippen molar-refractivity contribution < 1.29 is 6.22 Å². The van der Waals surface area contributed by atoms with E-state index < -0.39 is 0 Å². The molecule has 4 heteroatoms. The van der Waals surface area contributed by atoms with E-state index in [0.717, 1.165) is 24.1 Å². The molecule has 1 fully saturated rings. The molecule has 3 rings (SSSR count). The monoisotopic (exact) mass is 344 g/mol. The van der Waals surface area contributed by atoms with Gasteiger partial charge in [-0.05, 0) is 43.5 Å². The number of nitrogens with one attached hydrogen (secondary N) is 2. The lowest BCUT2D eigenvalue weighted by Crippen LogP contribution is -2.46. The third-order valence-corrected chi connectivity index (χ3v) is 5.13. The molecule has 1 saturated heterocycles. The first-order valence-corrected chi connectivity index (χ1v) is 8.89. The fourth-order valence-electron chi connectivity index (χ4n) is 3.28. The van der Waals surface area contributed by atoms with Crippen LogP contribution in [0.25, 0.3) is 0 Å². The third kappa shape index (κ3) is 3.80. The maximum Gasteiger partial charge on any atom is 0.253 e. The number of aryl methyl sites for hydroxylation is 1. The Hall–Kier alpha value is -1.84. The highest BCUT2D eigenvalue weighted by atomic mass is 35.5. The van der Waals surface area contributed by atoms with E-state index in [1.807, 2.05) is 37.3 Å². The Labute approximate surface area is 149 Å². The van der Waals surface area contributed by atoms with Crippen molar-refractivity contribution in [1.82, 2.24) is 10.6 Å². The van der Waals surface area contributed by atoms with Crippen LogP contribution in [0.3, 0.4) is 0 Å². The molecule has 1 amide bonds. The molecule has 0 radical (unpaired) electrons. The Morgan fingerprint density at radius 3 is 2.71 bits per heavy atom. The number of benzene rings is 2. The van der Waals surface area contributed by atoms with Crippen LogP contribution in [0, 0.1) is 6.92 Å². The Morgan fingerprint density at radius 1 is 1.21 bits per heavy atom. The smallest absolute Gasteiger partial charge is 0.253 e. The van der Waals surface area contributed by atoms with Gasteiger partial charge in [0, 0.05) is 7.47 Å². The zero-order valence-corrected chi connectivity index (χ0v) is 14.6. The predicted molar refractivity (Wildman–Crippen MR) is 101 cm³/mol. The number of hydrogen-bond donors (Lipinski definition) is 2. The van der Waals surface area contributed by atoms with Crippen molar-refractivity contribution >= 4 is 17.5 Å². The summed E-state index contributed by atoms with van der Waals surface area (Å²) in [5, 5.41) is 7.28. The molecule has 0 aliphatic carbocycles. The molecule has 1 heterocycles. The lowest BCUT2D eigenvalue weighted by molar-refractivity contribution is 0.0923. The molecule has 0 aromatic heterocycles. The molecular formula is C20H25ClN2O. The first kappa shape index (κ1) is 17.0. The molecule has 0 bridgehead atoms. The van der Waals surface area contributed by atoms with Crippen LogP contribution >= 0.6 is 11.6 Å². The molecule has 3 nitrogen and oxygen atoms in total. The van der Waals surface area contributed by atoms with Crippen LogP contribution in [-0.4, -0.2) is 18.5 Å². The zero-order valence-electron chi connectivity index (χ0n) is 13.9. The maximum absolute atomic E-state index is 12.8. The topological polar surface area (TPSA) is 41.1 Å². The van der Waals surface area contributed by atoms with Crippen molar-refractivity contribution in [2.45, 2.75) is 38.3 Å². The number of piperidine rings is 1. The third-order valence-electron chi connectivity index (χ3n) is 4.63. The van der Waals surface area contributed by atoms with Gasteiger partial charge in [-0.25, -0.2) is 0 Å². The van der Waals surface area contributed by atoms with Crippen molar-refractivity contribution in [3.63, 3.8) is 0 Å². The highest BCUT2D eigenvalue weighted by molar-refractivity contribution is 6.34. The number of carbonyl (C=O) groups is 1. The summed E-state index contributed by atoms with van der Waals surface area (Å²) in [5.74, 6) is -0.120. The van der Waals surface area contributed by atoms with Gasteiger partial charge in [0.1, 0.15) is 0 Å². The summed E-state index contributed by atoms with van der Waals surface area (Å²) in [5.41, 5.74) is 2.57. The molecule has 2 N–H and O–H groups in total. The summed E-state index contributed by atoms with van der Waals surface area (Å²) >= 11 is 6.33. The minimum atomic E-state index is -0.120. The van der Waals surface area contributed by atoms with E-state index >= 15 is 0 Å². The van der Waals surface area contributed by atoms with Gasteiger partial charge in [0.2, 0.25) is 0 Å². The molecule has 0 saturated carbocycles. The molecule has 2 aromatic rings. The lowest BCUT2D eigenvalue weighted by Gasteiger charge is -2.32. The molecule has 24 heavy (non-hydrogen) atoms. The number of hydrogen-bond acceptors (Lipinski definition) is 2. The average Bonchev–Trinajstić information content (AvgIpc) is 2.63. The molecule has 2 aromatic carbocycles. The first-order valence-electron chi connectivity index (χ1n) is 8.51. The van der Waals surface area contributed by atoms with Crippen LogP contribution < -0.4 is 10.6 Å². The van der Waals surface area contributed by atoms with Gasteiger partial charge < -0.3 is 10.6 Å². The lowest BCUT2D eigenvalue weighted by atomic mass is 9.92. The van der Waals surface area contributed by atoms with Crippen LogP contribution in [0.15, 0.2) is 48.5 Å². The van der Waals surface area contributed by atoms with Crippen molar-refractivity contribution in [3.05, 3.63) is 70.2 Å². The van der Waals surface area contributed by atoms with Crippen LogP contribution in [0.5, 0.6) is 0 Å². The van der Waals surface area contributed by atoms with E-state index in [1.54, 1.807) is 6.07 Å². The van der Waals surface area contributed by atoms with Gasteiger partial charge in [-0.15, -0.1) is 0 Å². The summed E-state index contributed by atoms with van der Waals surface area (Å²) in [6, 6.07) is 15.9. The Bertz CT molecular complexity index is 702. The summed E-state index contributed by atoms with van der Waals surface area (Å²) in [7, 11) is 0. The second kappa shape index (κ2) is 7.82. The van der Waals surface area contributed by atoms with E-state index in [4.69, 9.17) is 11.6 Å². The molecule has 0 unspecified atom stereocenters. The summed E-state index contributed by atoms with van der Waals surface area (Å²) in [6.45, 7) is 2.91. The van der Waals surface area contributed by atoms with Gasteiger partial charge in [-0.3, -0.25) is 4.79 Å². The second-order valence-corrected chi connectivity index (χ2v) is 6.73. The van der Waals surface area contributed by atoms with Gasteiger partial charge in [0.05, 0.1) is 16.6 Å². The minimum Gasteiger partial charge on any atom is -0.344 e. The van der Waals surface area contributed by atoms with Crippen LogP contribution in [-0.2, 0) is 0 Å². The largest absolute Gasteiger partial charge is 0.344 e. The number of amides is 1. The van der Waals surface area contributed by atoms with Crippen molar-refractivity contribution in [2.24, 2.45) is 0 Å². The second-order valence-electron chi connectivity index (χ2n) is 6.35. The van der Waals surface area contributed by atoms with E-state index in [1.165, 1.54) is 12.8 Å². The molecular weight excluding hydrogens is 320 g/mol. The zero-order chi connectivity index (χ0) is 16.9. The Morgan fingerprint density at radius 2 is 2.00 bits per heavy atom. The molecule has 2 atom stereocenters. The summed E-state index contributed by atoms with van der Waals surface area (Å²) < 4.78 is 0. The Balaban J connectivity index is 0.00000225. The molecule has 0 spiro atoms. The molecule has 1 aliphatic rings. The normalized spacial score (nSPS) is 18.8. The van der Waals surface area contributed by atoms with E-state index in [9.17, 15) is 4.79 Å². The number of rotatable bonds is 4. The summed E-state index contributed by atoms with van der Waals surface area (Å²) in [6.07, 6.45) is 3.43. The van der Waals surface area contributed by atoms with Gasteiger partial charge in [-0.2, -0.15) is 0 Å². The quantitative estimate of drug-likeness (QED) is 0.856. The van der Waals surface area contributed by atoms with Gasteiger partial charge in [-0.1, -0.05) is 60.5 Å². The van der Waals surface area contributed by atoms with E-state index in [2.05, 4.69) is 22.8 Å². The highest BCUT2D eigenvalue weighted by Gasteiger charge is 2.27. The molecule has 128 valence electrons. The van der Waals surface area contributed by atoms with Gasteiger partial charge in [0.15, 0.2) is 0 Å². The highest BCUT2D eigenvalue weighted by Crippen LogP contribution is 2.25. The number of carbonyl (C=O) groups excluding carboxylic acids is 1. The average molecular weight is 345 g/mol. The van der Waals surface area contributed by atoms with Crippen LogP contribution in [0.2, 0.25) is 5.02 Å². The summed E-state index contributed by atoms with van der Waals surface area (Å²) in [4.78, 5) is 12.8. The van der Waals surface area contributed by atoms with Crippen molar-refractivity contribution in [2.75, 3.05) is 6.54 Å². The Kier molecular flexibility index (Phi) is 5.54. The first-order chi connectivity index (χ1) is 11.7.